The Kier molecular flexibility index (Phi) is 5.22. The van der Waals surface area contributed by atoms with Gasteiger partial charge in [-0.15, -0.1) is 0 Å². The Morgan fingerprint density at radius 1 is 1.16 bits per heavy atom. The van der Waals surface area contributed by atoms with E-state index >= 15 is 0 Å². The molecule has 126 valence electrons. The topological polar surface area (TPSA) is 75.5 Å². The molecule has 6 nitrogen and oxygen atoms in total. The fourth-order valence-electron chi connectivity index (χ4n) is 2.21. The van der Waals surface area contributed by atoms with E-state index in [0.29, 0.717) is 21.3 Å². The van der Waals surface area contributed by atoms with Crippen LogP contribution in [0.2, 0.25) is 0 Å². The van der Waals surface area contributed by atoms with E-state index in [1.807, 2.05) is 30.3 Å². The molecule has 0 spiro atoms. The maximum absolute atomic E-state index is 12.5. The van der Waals surface area contributed by atoms with Crippen LogP contribution < -0.4 is 5.43 Å². The van der Waals surface area contributed by atoms with Gasteiger partial charge in [-0.1, -0.05) is 54.3 Å². The average molecular weight is 371 g/mol. The van der Waals surface area contributed by atoms with Gasteiger partial charge in [0, 0.05) is 18.7 Å². The van der Waals surface area contributed by atoms with Gasteiger partial charge in [-0.3, -0.25) is 14.9 Å². The summed E-state index contributed by atoms with van der Waals surface area (Å²) >= 11 is 6.45. The molecule has 0 aromatic heterocycles. The molecule has 2 aromatic rings. The smallest absolute Gasteiger partial charge is 0.267 e. The lowest BCUT2D eigenvalue weighted by Gasteiger charge is -2.15. The Morgan fingerprint density at radius 3 is 2.48 bits per heavy atom. The van der Waals surface area contributed by atoms with Crippen molar-refractivity contribution in [2.24, 2.45) is 0 Å². The van der Waals surface area contributed by atoms with Crippen molar-refractivity contribution in [3.63, 3.8) is 0 Å². The van der Waals surface area contributed by atoms with Crippen LogP contribution in [0, 0.1) is 10.1 Å². The molecule has 0 bridgehead atoms. The van der Waals surface area contributed by atoms with Crippen molar-refractivity contribution in [3.05, 3.63) is 80.7 Å². The first-order valence-electron chi connectivity index (χ1n) is 7.34. The van der Waals surface area contributed by atoms with Crippen LogP contribution in [-0.2, 0) is 11.3 Å². The minimum atomic E-state index is -0.462. The quantitative estimate of drug-likeness (QED) is 0.375. The van der Waals surface area contributed by atoms with Crippen molar-refractivity contribution < 1.29 is 9.72 Å². The van der Waals surface area contributed by atoms with Crippen LogP contribution in [-0.4, -0.2) is 20.2 Å². The summed E-state index contributed by atoms with van der Waals surface area (Å²) < 4.78 is 0.425. The minimum absolute atomic E-state index is 0.00854. The zero-order valence-electron chi connectivity index (χ0n) is 12.9. The average Bonchev–Trinajstić information content (AvgIpc) is 2.88. The van der Waals surface area contributed by atoms with E-state index in [4.69, 9.17) is 12.2 Å². The van der Waals surface area contributed by atoms with Gasteiger partial charge >= 0.3 is 0 Å². The number of nitrogens with one attached hydrogen (secondary N) is 1. The highest BCUT2D eigenvalue weighted by molar-refractivity contribution is 8.26. The number of carbonyl (C=O) groups excluding carboxylic acids is 1. The van der Waals surface area contributed by atoms with Crippen molar-refractivity contribution in [1.29, 1.82) is 0 Å². The fourth-order valence-corrected chi connectivity index (χ4v) is 3.43. The maximum atomic E-state index is 12.5. The molecule has 1 heterocycles. The van der Waals surface area contributed by atoms with E-state index in [1.54, 1.807) is 18.2 Å². The van der Waals surface area contributed by atoms with Crippen molar-refractivity contribution in [3.8, 4) is 0 Å². The summed E-state index contributed by atoms with van der Waals surface area (Å²) in [5, 5.41) is 12.0. The van der Waals surface area contributed by atoms with Crippen molar-refractivity contribution in [2.45, 2.75) is 6.54 Å². The van der Waals surface area contributed by atoms with Crippen molar-refractivity contribution in [2.75, 3.05) is 0 Å². The summed E-state index contributed by atoms with van der Waals surface area (Å²) in [4.78, 5) is 23.2. The second kappa shape index (κ2) is 7.56. The number of hydrogen-bond acceptors (Lipinski definition) is 6. The number of rotatable bonds is 5. The minimum Gasteiger partial charge on any atom is -0.267 e. The van der Waals surface area contributed by atoms with Crippen LogP contribution >= 0.6 is 24.0 Å². The highest BCUT2D eigenvalue weighted by Crippen LogP contribution is 2.31. The zero-order valence-corrected chi connectivity index (χ0v) is 14.5. The van der Waals surface area contributed by atoms with Crippen LogP contribution in [0.25, 0.3) is 6.08 Å². The third-order valence-electron chi connectivity index (χ3n) is 3.48. The number of thiocarbonyl (C=S) groups is 1. The molecule has 0 radical (unpaired) electrons. The molecule has 1 N–H and O–H groups in total. The monoisotopic (exact) mass is 371 g/mol. The normalized spacial score (nSPS) is 15.8. The highest BCUT2D eigenvalue weighted by Gasteiger charge is 2.32. The number of nitro benzene ring substituents is 1. The van der Waals surface area contributed by atoms with Gasteiger partial charge in [-0.25, -0.2) is 10.4 Å². The Bertz CT molecular complexity index is 851. The lowest BCUT2D eigenvalue weighted by Crippen LogP contribution is -2.40. The van der Waals surface area contributed by atoms with E-state index in [1.165, 1.54) is 28.9 Å². The molecule has 1 fully saturated rings. The molecule has 1 aliphatic rings. The van der Waals surface area contributed by atoms with E-state index in [2.05, 4.69) is 5.43 Å². The number of amides is 1. The summed E-state index contributed by atoms with van der Waals surface area (Å²) in [6.45, 7) is 0.484. The molecule has 2 aromatic carbocycles. The second-order valence-corrected chi connectivity index (χ2v) is 6.86. The molecule has 0 aliphatic carbocycles. The molecule has 25 heavy (non-hydrogen) atoms. The number of hydrogen-bond donors (Lipinski definition) is 1. The van der Waals surface area contributed by atoms with Crippen LogP contribution in [0.1, 0.15) is 11.1 Å². The summed E-state index contributed by atoms with van der Waals surface area (Å²) in [5.74, 6) is -0.232. The predicted octanol–water partition coefficient (Wildman–Crippen LogP) is 3.50. The molecule has 8 heteroatoms. The molecule has 0 saturated carbocycles. The number of nitro groups is 1. The number of benzene rings is 2. The fraction of sp³-hybridized carbons (Fsp3) is 0.0588. The van der Waals surface area contributed by atoms with Gasteiger partial charge in [0.1, 0.15) is 0 Å². The number of hydrazine groups is 1. The number of carbonyl (C=O) groups is 1. The van der Waals surface area contributed by atoms with Crippen LogP contribution in [0.4, 0.5) is 5.69 Å². The van der Waals surface area contributed by atoms with E-state index in [-0.39, 0.29) is 11.6 Å². The lowest BCUT2D eigenvalue weighted by atomic mass is 10.2. The molecule has 1 saturated heterocycles. The SMILES string of the molecule is O=C1/C(=C\c2ccc([N+](=O)[O-])cc2)SC(=S)N1NCc1ccccc1. The van der Waals surface area contributed by atoms with Crippen LogP contribution in [0.3, 0.4) is 0 Å². The molecular weight excluding hydrogens is 358 g/mol. The van der Waals surface area contributed by atoms with E-state index in [9.17, 15) is 14.9 Å². The molecule has 3 rings (SSSR count). The first kappa shape index (κ1) is 17.3. The first-order chi connectivity index (χ1) is 12.0. The number of thioether (sulfide) groups is 1. The largest absolute Gasteiger partial charge is 0.280 e. The summed E-state index contributed by atoms with van der Waals surface area (Å²) in [7, 11) is 0. The van der Waals surface area contributed by atoms with Crippen molar-refractivity contribution >= 4 is 46.0 Å². The predicted molar refractivity (Wildman–Crippen MR) is 101 cm³/mol. The first-order valence-corrected chi connectivity index (χ1v) is 8.57. The van der Waals surface area contributed by atoms with Gasteiger partial charge in [0.25, 0.3) is 11.6 Å². The highest BCUT2D eigenvalue weighted by atomic mass is 32.2. The third kappa shape index (κ3) is 4.11. The molecule has 0 atom stereocenters. The molecule has 1 amide bonds. The summed E-state index contributed by atoms with van der Waals surface area (Å²) in [6, 6.07) is 15.7. The maximum Gasteiger partial charge on any atom is 0.280 e. The van der Waals surface area contributed by atoms with Crippen LogP contribution in [0.5, 0.6) is 0 Å². The Hall–Kier alpha value is -2.55. The third-order valence-corrected chi connectivity index (χ3v) is 4.78. The second-order valence-electron chi connectivity index (χ2n) is 5.19. The van der Waals surface area contributed by atoms with E-state index < -0.39 is 4.92 Å². The Labute approximate surface area is 153 Å². The van der Waals surface area contributed by atoms with E-state index in [0.717, 1.165) is 5.56 Å². The van der Waals surface area contributed by atoms with Gasteiger partial charge in [0.15, 0.2) is 4.32 Å². The lowest BCUT2D eigenvalue weighted by molar-refractivity contribution is -0.384. The van der Waals surface area contributed by atoms with Gasteiger partial charge < -0.3 is 0 Å². The van der Waals surface area contributed by atoms with Gasteiger partial charge in [0.05, 0.1) is 9.83 Å². The van der Waals surface area contributed by atoms with Crippen molar-refractivity contribution in [1.82, 2.24) is 10.4 Å². The number of non-ortho nitro benzene ring substituents is 1. The zero-order chi connectivity index (χ0) is 17.8. The van der Waals surface area contributed by atoms with Gasteiger partial charge in [0.2, 0.25) is 0 Å². The Morgan fingerprint density at radius 2 is 1.84 bits per heavy atom. The van der Waals surface area contributed by atoms with Crippen LogP contribution in [0.15, 0.2) is 59.5 Å². The molecule has 0 unspecified atom stereocenters. The summed E-state index contributed by atoms with van der Waals surface area (Å²) in [6.07, 6.45) is 1.67. The summed E-state index contributed by atoms with van der Waals surface area (Å²) in [5.41, 5.74) is 4.78. The van der Waals surface area contributed by atoms with Gasteiger partial charge in [-0.2, -0.15) is 0 Å². The number of nitrogens with zero attached hydrogens (tertiary/aromatic N) is 2. The molecule has 1 aliphatic heterocycles. The van der Waals surface area contributed by atoms with Gasteiger partial charge in [-0.05, 0) is 29.3 Å². The molecular formula is C17H13N3O3S2. The Balaban J connectivity index is 1.70. The standard InChI is InChI=1S/C17H13N3O3S2/c21-16-15(10-12-6-8-14(9-7-12)20(22)23)25-17(24)19(16)18-11-13-4-2-1-3-5-13/h1-10,18H,11H2/b15-10+.